The predicted octanol–water partition coefficient (Wildman–Crippen LogP) is 2.21. The van der Waals surface area contributed by atoms with Gasteiger partial charge in [0.05, 0.1) is 6.61 Å². The minimum Gasteiger partial charge on any atom is -0.490 e. The highest BCUT2D eigenvalue weighted by Gasteiger charge is 2.05. The van der Waals surface area contributed by atoms with Gasteiger partial charge < -0.3 is 14.8 Å². The second-order valence-corrected chi connectivity index (χ2v) is 3.49. The van der Waals surface area contributed by atoms with Crippen molar-refractivity contribution in [2.24, 2.45) is 0 Å². The van der Waals surface area contributed by atoms with Gasteiger partial charge in [0.25, 0.3) is 0 Å². The Balaban J connectivity index is 2.80. The van der Waals surface area contributed by atoms with Gasteiger partial charge in [0, 0.05) is 6.54 Å². The van der Waals surface area contributed by atoms with Gasteiger partial charge in [0.1, 0.15) is 6.61 Å². The fraction of sp³-hybridized carbons (Fsp3) is 0.429. The zero-order valence-corrected chi connectivity index (χ0v) is 10.5. The SMILES string of the molecule is C#CCOc1ccc(CNCC)cc1OCC. The fourth-order valence-electron chi connectivity index (χ4n) is 1.44. The molecule has 1 aromatic rings. The third-order valence-electron chi connectivity index (χ3n) is 2.20. The first-order valence-corrected chi connectivity index (χ1v) is 5.84. The summed E-state index contributed by atoms with van der Waals surface area (Å²) >= 11 is 0. The second kappa shape index (κ2) is 7.59. The highest BCUT2D eigenvalue weighted by molar-refractivity contribution is 5.43. The Labute approximate surface area is 103 Å². The first-order chi connectivity index (χ1) is 8.31. The summed E-state index contributed by atoms with van der Waals surface area (Å²) in [5.74, 6) is 3.89. The first kappa shape index (κ1) is 13.4. The molecular weight excluding hydrogens is 214 g/mol. The van der Waals surface area contributed by atoms with Crippen molar-refractivity contribution in [3.8, 4) is 23.8 Å². The van der Waals surface area contributed by atoms with Crippen molar-refractivity contribution in [3.63, 3.8) is 0 Å². The maximum absolute atomic E-state index is 5.53. The summed E-state index contributed by atoms with van der Waals surface area (Å²) in [7, 11) is 0. The van der Waals surface area contributed by atoms with Gasteiger partial charge in [-0.25, -0.2) is 0 Å². The summed E-state index contributed by atoms with van der Waals surface area (Å²) in [5.41, 5.74) is 1.17. The Kier molecular flexibility index (Phi) is 5.98. The van der Waals surface area contributed by atoms with E-state index in [-0.39, 0.29) is 6.61 Å². The van der Waals surface area contributed by atoms with Crippen LogP contribution in [0.1, 0.15) is 19.4 Å². The van der Waals surface area contributed by atoms with Crippen LogP contribution < -0.4 is 14.8 Å². The van der Waals surface area contributed by atoms with Crippen LogP contribution in [0.2, 0.25) is 0 Å². The summed E-state index contributed by atoms with van der Waals surface area (Å²) in [6, 6.07) is 5.89. The molecule has 3 heteroatoms. The van der Waals surface area contributed by atoms with Gasteiger partial charge in [-0.05, 0) is 31.2 Å². The van der Waals surface area contributed by atoms with E-state index >= 15 is 0 Å². The molecule has 0 aliphatic rings. The van der Waals surface area contributed by atoms with E-state index in [2.05, 4.69) is 18.2 Å². The van der Waals surface area contributed by atoms with E-state index in [0.29, 0.717) is 12.4 Å². The smallest absolute Gasteiger partial charge is 0.162 e. The molecule has 0 saturated carbocycles. The standard InChI is InChI=1S/C14H19NO2/c1-4-9-17-13-8-7-12(11-15-5-2)10-14(13)16-6-3/h1,7-8,10,15H,5-6,9,11H2,2-3H3. The molecule has 0 atom stereocenters. The van der Waals surface area contributed by atoms with Crippen LogP contribution in [0.3, 0.4) is 0 Å². The van der Waals surface area contributed by atoms with E-state index in [1.54, 1.807) is 0 Å². The second-order valence-electron chi connectivity index (χ2n) is 3.49. The number of hydrogen-bond donors (Lipinski definition) is 1. The van der Waals surface area contributed by atoms with Crippen molar-refractivity contribution in [3.05, 3.63) is 23.8 Å². The minimum atomic E-state index is 0.257. The molecule has 0 aromatic heterocycles. The largest absolute Gasteiger partial charge is 0.490 e. The van der Waals surface area contributed by atoms with Crippen molar-refractivity contribution in [2.45, 2.75) is 20.4 Å². The van der Waals surface area contributed by atoms with Crippen LogP contribution in [-0.4, -0.2) is 19.8 Å². The van der Waals surface area contributed by atoms with E-state index in [1.807, 2.05) is 25.1 Å². The number of ether oxygens (including phenoxy) is 2. The number of nitrogens with one attached hydrogen (secondary N) is 1. The molecule has 0 saturated heterocycles. The van der Waals surface area contributed by atoms with Crippen molar-refractivity contribution in [1.82, 2.24) is 5.32 Å². The molecule has 0 heterocycles. The molecule has 0 aliphatic carbocycles. The lowest BCUT2D eigenvalue weighted by molar-refractivity contribution is 0.299. The highest BCUT2D eigenvalue weighted by Crippen LogP contribution is 2.28. The number of rotatable bonds is 7. The fourth-order valence-corrected chi connectivity index (χ4v) is 1.44. The summed E-state index contributed by atoms with van der Waals surface area (Å²) in [6.07, 6.45) is 5.17. The Morgan fingerprint density at radius 3 is 2.71 bits per heavy atom. The lowest BCUT2D eigenvalue weighted by atomic mass is 10.2. The third kappa shape index (κ3) is 4.38. The third-order valence-corrected chi connectivity index (χ3v) is 2.20. The van der Waals surface area contributed by atoms with Gasteiger partial charge in [0.15, 0.2) is 11.5 Å². The highest BCUT2D eigenvalue weighted by atomic mass is 16.5. The molecule has 0 bridgehead atoms. The Bertz CT molecular complexity index is 382. The lowest BCUT2D eigenvalue weighted by Crippen LogP contribution is -2.12. The van der Waals surface area contributed by atoms with Gasteiger partial charge in [-0.2, -0.15) is 0 Å². The molecule has 1 rings (SSSR count). The molecule has 3 nitrogen and oxygen atoms in total. The minimum absolute atomic E-state index is 0.257. The molecule has 0 amide bonds. The van der Waals surface area contributed by atoms with E-state index in [9.17, 15) is 0 Å². The molecule has 1 N–H and O–H groups in total. The molecule has 0 unspecified atom stereocenters. The summed E-state index contributed by atoms with van der Waals surface area (Å²) in [4.78, 5) is 0. The van der Waals surface area contributed by atoms with Crippen molar-refractivity contribution in [2.75, 3.05) is 19.8 Å². The van der Waals surface area contributed by atoms with E-state index in [4.69, 9.17) is 15.9 Å². The Morgan fingerprint density at radius 2 is 2.06 bits per heavy atom. The predicted molar refractivity (Wildman–Crippen MR) is 69.3 cm³/mol. The summed E-state index contributed by atoms with van der Waals surface area (Å²) in [6.45, 7) is 6.66. The Morgan fingerprint density at radius 1 is 1.24 bits per heavy atom. The van der Waals surface area contributed by atoms with Crippen LogP contribution in [0.15, 0.2) is 18.2 Å². The van der Waals surface area contributed by atoms with Crippen molar-refractivity contribution < 1.29 is 9.47 Å². The summed E-state index contributed by atoms with van der Waals surface area (Å²) in [5, 5.41) is 3.27. The molecule has 92 valence electrons. The number of hydrogen-bond acceptors (Lipinski definition) is 3. The molecular formula is C14H19NO2. The number of terminal acetylenes is 1. The quantitative estimate of drug-likeness (QED) is 0.732. The first-order valence-electron chi connectivity index (χ1n) is 5.84. The van der Waals surface area contributed by atoms with E-state index in [0.717, 1.165) is 18.8 Å². The molecule has 0 aliphatic heterocycles. The average molecular weight is 233 g/mol. The number of benzene rings is 1. The van der Waals surface area contributed by atoms with Gasteiger partial charge in [-0.1, -0.05) is 18.9 Å². The molecule has 0 fully saturated rings. The molecule has 17 heavy (non-hydrogen) atoms. The van der Waals surface area contributed by atoms with Gasteiger partial charge in [0.2, 0.25) is 0 Å². The van der Waals surface area contributed by atoms with E-state index in [1.165, 1.54) is 5.56 Å². The van der Waals surface area contributed by atoms with Crippen molar-refractivity contribution in [1.29, 1.82) is 0 Å². The molecule has 0 spiro atoms. The summed E-state index contributed by atoms with van der Waals surface area (Å²) < 4.78 is 11.0. The van der Waals surface area contributed by atoms with Gasteiger partial charge >= 0.3 is 0 Å². The van der Waals surface area contributed by atoms with E-state index < -0.39 is 0 Å². The van der Waals surface area contributed by atoms with Gasteiger partial charge in [-0.3, -0.25) is 0 Å². The topological polar surface area (TPSA) is 30.5 Å². The normalized spacial score (nSPS) is 9.71. The van der Waals surface area contributed by atoms with Crippen LogP contribution in [0.4, 0.5) is 0 Å². The molecule has 1 aromatic carbocycles. The maximum atomic E-state index is 5.53. The van der Waals surface area contributed by atoms with Crippen molar-refractivity contribution >= 4 is 0 Å². The average Bonchev–Trinajstić information content (AvgIpc) is 2.35. The zero-order valence-electron chi connectivity index (χ0n) is 10.5. The molecule has 0 radical (unpaired) electrons. The maximum Gasteiger partial charge on any atom is 0.162 e. The van der Waals surface area contributed by atoms with Gasteiger partial charge in [-0.15, -0.1) is 6.42 Å². The van der Waals surface area contributed by atoms with Crippen LogP contribution in [0.5, 0.6) is 11.5 Å². The van der Waals surface area contributed by atoms with Crippen LogP contribution in [0, 0.1) is 12.3 Å². The lowest BCUT2D eigenvalue weighted by Gasteiger charge is -2.12. The van der Waals surface area contributed by atoms with Crippen LogP contribution in [0.25, 0.3) is 0 Å². The van der Waals surface area contributed by atoms with Crippen LogP contribution in [-0.2, 0) is 6.54 Å². The Hall–Kier alpha value is -1.66. The monoisotopic (exact) mass is 233 g/mol. The zero-order chi connectivity index (χ0) is 12.5. The van der Waals surface area contributed by atoms with Crippen LogP contribution >= 0.6 is 0 Å².